The minimum atomic E-state index is -0.456. The fourth-order valence-electron chi connectivity index (χ4n) is 4.31. The number of rotatable bonds is 6. The van der Waals surface area contributed by atoms with Crippen LogP contribution in [0.2, 0.25) is 0 Å². The molecule has 0 saturated carbocycles. The van der Waals surface area contributed by atoms with Crippen LogP contribution in [-0.2, 0) is 20.9 Å². The van der Waals surface area contributed by atoms with E-state index in [9.17, 15) is 14.4 Å². The molecule has 0 spiro atoms. The quantitative estimate of drug-likeness (QED) is 0.725. The van der Waals surface area contributed by atoms with Crippen LogP contribution >= 0.6 is 0 Å². The Hall–Kier alpha value is -3.19. The summed E-state index contributed by atoms with van der Waals surface area (Å²) >= 11 is 0. The molecule has 0 radical (unpaired) electrons. The molecule has 4 rings (SSSR count). The van der Waals surface area contributed by atoms with E-state index >= 15 is 0 Å². The Bertz CT molecular complexity index is 937. The number of likely N-dealkylation sites (tertiary alicyclic amines) is 1. The lowest BCUT2D eigenvalue weighted by atomic mass is 9.94. The minimum Gasteiger partial charge on any atom is -0.497 e. The van der Waals surface area contributed by atoms with Crippen LogP contribution in [0.4, 0.5) is 5.69 Å². The van der Waals surface area contributed by atoms with E-state index in [2.05, 4.69) is 5.32 Å². The third kappa shape index (κ3) is 4.61. The van der Waals surface area contributed by atoms with Crippen molar-refractivity contribution in [1.82, 2.24) is 10.2 Å². The van der Waals surface area contributed by atoms with E-state index in [-0.39, 0.29) is 30.1 Å². The summed E-state index contributed by atoms with van der Waals surface area (Å²) in [6, 6.07) is 16.3. The number of nitrogens with zero attached hydrogens (tertiary/aromatic N) is 2. The molecule has 162 valence electrons. The minimum absolute atomic E-state index is 0.0530. The normalized spacial score (nSPS) is 20.2. The number of methoxy groups -OCH3 is 1. The summed E-state index contributed by atoms with van der Waals surface area (Å²) in [5.74, 6) is 0.277. The van der Waals surface area contributed by atoms with Gasteiger partial charge in [0.15, 0.2) is 0 Å². The molecule has 3 amide bonds. The lowest BCUT2D eigenvalue weighted by Gasteiger charge is -2.34. The molecule has 0 unspecified atom stereocenters. The van der Waals surface area contributed by atoms with Crippen LogP contribution in [0, 0.1) is 5.92 Å². The number of carbonyl (C=O) groups excluding carboxylic acids is 3. The number of ether oxygens (including phenoxy) is 1. The standard InChI is InChI=1S/C24H27N3O4/c1-31-20-9-7-19(8-10-20)27-22(28)15-21(24(27)30)26-13-11-18(12-14-26)23(29)25-16-17-5-3-2-4-6-17/h2-10,18,21H,11-16H2,1H3,(H,25,29)/t21-/m0/s1. The van der Waals surface area contributed by atoms with Gasteiger partial charge in [-0.25, -0.2) is 4.90 Å². The number of hydrogen-bond acceptors (Lipinski definition) is 5. The van der Waals surface area contributed by atoms with Crippen molar-refractivity contribution >= 4 is 23.4 Å². The van der Waals surface area contributed by atoms with Gasteiger partial charge in [-0.3, -0.25) is 19.3 Å². The van der Waals surface area contributed by atoms with Crippen molar-refractivity contribution in [2.45, 2.75) is 31.8 Å². The molecule has 7 nitrogen and oxygen atoms in total. The summed E-state index contributed by atoms with van der Waals surface area (Å²) in [7, 11) is 1.57. The second-order valence-corrected chi connectivity index (χ2v) is 8.00. The first-order valence-electron chi connectivity index (χ1n) is 10.6. The number of benzene rings is 2. The molecular formula is C24H27N3O4. The predicted octanol–water partition coefficient (Wildman–Crippen LogP) is 2.36. The van der Waals surface area contributed by atoms with Crippen molar-refractivity contribution in [3.05, 3.63) is 60.2 Å². The van der Waals surface area contributed by atoms with Gasteiger partial charge >= 0.3 is 0 Å². The summed E-state index contributed by atoms with van der Waals surface area (Å²) < 4.78 is 5.14. The Morgan fingerprint density at radius 2 is 1.71 bits per heavy atom. The number of carbonyl (C=O) groups is 3. The van der Waals surface area contributed by atoms with Gasteiger partial charge in [0, 0.05) is 12.5 Å². The van der Waals surface area contributed by atoms with E-state index in [1.54, 1.807) is 31.4 Å². The van der Waals surface area contributed by atoms with Crippen LogP contribution in [0.15, 0.2) is 54.6 Å². The zero-order valence-electron chi connectivity index (χ0n) is 17.6. The molecule has 2 fully saturated rings. The summed E-state index contributed by atoms with van der Waals surface area (Å²) in [5.41, 5.74) is 1.63. The zero-order chi connectivity index (χ0) is 21.8. The van der Waals surface area contributed by atoms with Gasteiger partial charge in [-0.05, 0) is 55.8 Å². The highest BCUT2D eigenvalue weighted by molar-refractivity contribution is 6.22. The summed E-state index contributed by atoms with van der Waals surface area (Å²) in [5, 5.41) is 3.01. The van der Waals surface area contributed by atoms with Crippen molar-refractivity contribution in [3.63, 3.8) is 0 Å². The van der Waals surface area contributed by atoms with Crippen LogP contribution in [0.3, 0.4) is 0 Å². The monoisotopic (exact) mass is 421 g/mol. The molecule has 7 heteroatoms. The van der Waals surface area contributed by atoms with E-state index in [0.717, 1.165) is 5.56 Å². The first-order valence-corrected chi connectivity index (χ1v) is 10.6. The van der Waals surface area contributed by atoms with Crippen molar-refractivity contribution in [3.8, 4) is 5.75 Å². The zero-order valence-corrected chi connectivity index (χ0v) is 17.6. The molecule has 2 heterocycles. The van der Waals surface area contributed by atoms with E-state index in [0.29, 0.717) is 43.9 Å². The number of nitrogens with one attached hydrogen (secondary N) is 1. The van der Waals surface area contributed by atoms with Gasteiger partial charge in [0.1, 0.15) is 5.75 Å². The molecule has 0 aliphatic carbocycles. The second-order valence-electron chi connectivity index (χ2n) is 8.00. The van der Waals surface area contributed by atoms with Gasteiger partial charge in [-0.1, -0.05) is 30.3 Å². The highest BCUT2D eigenvalue weighted by Gasteiger charge is 2.43. The summed E-state index contributed by atoms with van der Waals surface area (Å²) in [6.07, 6.45) is 1.54. The van der Waals surface area contributed by atoms with Gasteiger partial charge in [-0.2, -0.15) is 0 Å². The van der Waals surface area contributed by atoms with Crippen LogP contribution < -0.4 is 15.0 Å². The van der Waals surface area contributed by atoms with Gasteiger partial charge in [0.05, 0.1) is 25.3 Å². The van der Waals surface area contributed by atoms with Crippen molar-refractivity contribution in [2.75, 3.05) is 25.1 Å². The van der Waals surface area contributed by atoms with Gasteiger partial charge in [0.2, 0.25) is 11.8 Å². The lowest BCUT2D eigenvalue weighted by Crippen LogP contribution is -2.48. The van der Waals surface area contributed by atoms with Gasteiger partial charge in [0.25, 0.3) is 5.91 Å². The number of hydrogen-bond donors (Lipinski definition) is 1. The molecule has 0 bridgehead atoms. The van der Waals surface area contributed by atoms with Crippen LogP contribution in [-0.4, -0.2) is 48.9 Å². The molecule has 1 atom stereocenters. The first-order chi connectivity index (χ1) is 15.1. The smallest absolute Gasteiger partial charge is 0.251 e. The van der Waals surface area contributed by atoms with Crippen LogP contribution in [0.1, 0.15) is 24.8 Å². The van der Waals surface area contributed by atoms with Gasteiger partial charge < -0.3 is 10.1 Å². The Morgan fingerprint density at radius 1 is 1.03 bits per heavy atom. The Kier molecular flexibility index (Phi) is 6.32. The van der Waals surface area contributed by atoms with E-state index in [1.807, 2.05) is 35.2 Å². The average Bonchev–Trinajstić information content (AvgIpc) is 3.12. The van der Waals surface area contributed by atoms with Crippen molar-refractivity contribution in [2.24, 2.45) is 5.92 Å². The van der Waals surface area contributed by atoms with E-state index in [1.165, 1.54) is 4.90 Å². The third-order valence-electron chi connectivity index (χ3n) is 6.10. The fourth-order valence-corrected chi connectivity index (χ4v) is 4.31. The van der Waals surface area contributed by atoms with Crippen molar-refractivity contribution < 1.29 is 19.1 Å². The summed E-state index contributed by atoms with van der Waals surface area (Å²) in [6.45, 7) is 1.78. The summed E-state index contributed by atoms with van der Waals surface area (Å²) in [4.78, 5) is 41.4. The number of anilines is 1. The second kappa shape index (κ2) is 9.31. The lowest BCUT2D eigenvalue weighted by molar-refractivity contribution is -0.127. The molecule has 0 aromatic heterocycles. The first kappa shape index (κ1) is 21.1. The predicted molar refractivity (Wildman–Crippen MR) is 116 cm³/mol. The van der Waals surface area contributed by atoms with Crippen LogP contribution in [0.25, 0.3) is 0 Å². The number of imide groups is 1. The maximum absolute atomic E-state index is 13.0. The number of amides is 3. The molecule has 2 aromatic carbocycles. The Labute approximate surface area is 182 Å². The van der Waals surface area contributed by atoms with Crippen LogP contribution in [0.5, 0.6) is 5.75 Å². The van der Waals surface area contributed by atoms with Crippen molar-refractivity contribution in [1.29, 1.82) is 0 Å². The topological polar surface area (TPSA) is 79.0 Å². The fraction of sp³-hybridized carbons (Fsp3) is 0.375. The molecule has 31 heavy (non-hydrogen) atoms. The maximum Gasteiger partial charge on any atom is 0.251 e. The molecule has 2 saturated heterocycles. The highest BCUT2D eigenvalue weighted by Crippen LogP contribution is 2.29. The molecule has 2 aromatic rings. The van der Waals surface area contributed by atoms with E-state index < -0.39 is 6.04 Å². The van der Waals surface area contributed by atoms with Gasteiger partial charge in [-0.15, -0.1) is 0 Å². The Morgan fingerprint density at radius 3 is 2.35 bits per heavy atom. The largest absolute Gasteiger partial charge is 0.497 e. The molecular weight excluding hydrogens is 394 g/mol. The molecule has 2 aliphatic rings. The highest BCUT2D eigenvalue weighted by atomic mass is 16.5. The molecule has 1 N–H and O–H groups in total. The Balaban J connectivity index is 1.31. The SMILES string of the molecule is COc1ccc(N2C(=O)C[C@H](N3CCC(C(=O)NCc4ccccc4)CC3)C2=O)cc1. The number of piperidine rings is 1. The molecule has 2 aliphatic heterocycles. The van der Waals surface area contributed by atoms with E-state index in [4.69, 9.17) is 4.74 Å². The average molecular weight is 421 g/mol. The maximum atomic E-state index is 13.0. The third-order valence-corrected chi connectivity index (χ3v) is 6.10.